The van der Waals surface area contributed by atoms with Crippen LogP contribution in [0.3, 0.4) is 0 Å². The maximum Gasteiger partial charge on any atom is 0.354 e. The molecule has 0 spiro atoms. The van der Waals surface area contributed by atoms with Gasteiger partial charge in [0.1, 0.15) is 5.69 Å². The first-order valence-corrected chi connectivity index (χ1v) is 11.5. The van der Waals surface area contributed by atoms with E-state index in [1.54, 1.807) is 6.07 Å². The molecule has 0 atom stereocenters. The molecular weight excluding hydrogens is 453 g/mol. The fraction of sp³-hybridized carbons (Fsp3) is 0.107. The Morgan fingerprint density at radius 1 is 0.848 bits per heavy atom. The van der Waals surface area contributed by atoms with Gasteiger partial charge in [-0.25, -0.2) is 4.79 Å². The quantitative estimate of drug-likeness (QED) is 0.242. The van der Waals surface area contributed by atoms with E-state index in [4.69, 9.17) is 27.9 Å². The van der Waals surface area contributed by atoms with E-state index in [0.717, 1.165) is 27.6 Å². The highest BCUT2D eigenvalue weighted by Crippen LogP contribution is 2.34. The molecule has 33 heavy (non-hydrogen) atoms. The average molecular weight is 474 g/mol. The van der Waals surface area contributed by atoms with Crippen LogP contribution in [0.4, 0.5) is 0 Å². The lowest BCUT2D eigenvalue weighted by Gasteiger charge is -2.12. The number of esters is 1. The number of fused-ring (bicyclic) bond motifs is 2. The summed E-state index contributed by atoms with van der Waals surface area (Å²) in [5.41, 5.74) is 4.57. The molecule has 0 bridgehead atoms. The number of hydrogen-bond donors (Lipinski definition) is 0. The largest absolute Gasteiger partial charge is 0.461 e. The maximum absolute atomic E-state index is 12.9. The van der Waals surface area contributed by atoms with E-state index in [0.29, 0.717) is 28.9 Å². The Hall–Kier alpha value is -3.27. The van der Waals surface area contributed by atoms with Gasteiger partial charge in [0.15, 0.2) is 0 Å². The van der Waals surface area contributed by atoms with Gasteiger partial charge >= 0.3 is 5.97 Å². The van der Waals surface area contributed by atoms with Crippen LogP contribution in [-0.2, 0) is 11.3 Å². The van der Waals surface area contributed by atoms with E-state index in [2.05, 4.69) is 36.4 Å². The second kappa shape index (κ2) is 8.93. The van der Waals surface area contributed by atoms with E-state index >= 15 is 0 Å². The Bertz CT molecular complexity index is 1500. The summed E-state index contributed by atoms with van der Waals surface area (Å²) < 4.78 is 7.36. The maximum atomic E-state index is 12.9. The number of rotatable bonds is 5. The summed E-state index contributed by atoms with van der Waals surface area (Å²) in [5.74, 6) is -0.349. The second-order valence-electron chi connectivity index (χ2n) is 7.88. The summed E-state index contributed by atoms with van der Waals surface area (Å²) >= 11 is 12.3. The third kappa shape index (κ3) is 4.10. The predicted molar refractivity (Wildman–Crippen MR) is 136 cm³/mol. The number of hydrogen-bond acceptors (Lipinski definition) is 2. The number of halogens is 2. The van der Waals surface area contributed by atoms with E-state index in [1.165, 1.54) is 10.8 Å². The van der Waals surface area contributed by atoms with Crippen molar-refractivity contribution in [3.05, 3.63) is 106 Å². The fourth-order valence-electron chi connectivity index (χ4n) is 4.26. The molecule has 4 aromatic carbocycles. The zero-order valence-electron chi connectivity index (χ0n) is 18.0. The van der Waals surface area contributed by atoms with Gasteiger partial charge in [-0.3, -0.25) is 0 Å². The summed E-state index contributed by atoms with van der Waals surface area (Å²) in [6, 6.07) is 28.3. The summed E-state index contributed by atoms with van der Waals surface area (Å²) in [4.78, 5) is 12.9. The molecule has 164 valence electrons. The van der Waals surface area contributed by atoms with Crippen molar-refractivity contribution in [1.29, 1.82) is 0 Å². The molecule has 0 unspecified atom stereocenters. The Balaban J connectivity index is 1.69. The summed E-state index contributed by atoms with van der Waals surface area (Å²) in [6.45, 7) is 2.59. The molecule has 0 radical (unpaired) electrons. The highest BCUT2D eigenvalue weighted by atomic mass is 35.5. The summed E-state index contributed by atoms with van der Waals surface area (Å²) in [6.07, 6.45) is 0. The fourth-order valence-corrected chi connectivity index (χ4v) is 4.58. The molecule has 0 aliphatic heterocycles. The van der Waals surface area contributed by atoms with Gasteiger partial charge in [0.2, 0.25) is 0 Å². The van der Waals surface area contributed by atoms with Crippen molar-refractivity contribution in [2.75, 3.05) is 6.61 Å². The van der Waals surface area contributed by atoms with Crippen LogP contribution in [-0.4, -0.2) is 17.1 Å². The first kappa shape index (κ1) is 21.6. The van der Waals surface area contributed by atoms with Crippen LogP contribution in [0.1, 0.15) is 23.0 Å². The van der Waals surface area contributed by atoms with Gasteiger partial charge in [-0.1, -0.05) is 77.8 Å². The molecule has 5 aromatic rings. The predicted octanol–water partition coefficient (Wildman–Crippen LogP) is 7.99. The zero-order chi connectivity index (χ0) is 22.9. The van der Waals surface area contributed by atoms with Crippen molar-refractivity contribution in [2.24, 2.45) is 0 Å². The van der Waals surface area contributed by atoms with Crippen LogP contribution in [0.15, 0.2) is 84.9 Å². The first-order valence-electron chi connectivity index (χ1n) is 10.8. The van der Waals surface area contributed by atoms with Crippen molar-refractivity contribution in [1.82, 2.24) is 4.57 Å². The van der Waals surface area contributed by atoms with E-state index in [9.17, 15) is 4.79 Å². The van der Waals surface area contributed by atoms with Gasteiger partial charge in [-0.2, -0.15) is 0 Å². The third-order valence-electron chi connectivity index (χ3n) is 5.82. The second-order valence-corrected chi connectivity index (χ2v) is 8.70. The highest BCUT2D eigenvalue weighted by Gasteiger charge is 2.19. The van der Waals surface area contributed by atoms with Crippen LogP contribution >= 0.6 is 23.2 Å². The number of carbonyl (C=O) groups is 1. The van der Waals surface area contributed by atoms with Crippen molar-refractivity contribution >= 4 is 50.8 Å². The molecule has 5 rings (SSSR count). The molecule has 0 saturated carbocycles. The van der Waals surface area contributed by atoms with Gasteiger partial charge in [0, 0.05) is 17.4 Å². The van der Waals surface area contributed by atoms with Gasteiger partial charge in [0.25, 0.3) is 0 Å². The third-order valence-corrected chi connectivity index (χ3v) is 6.55. The highest BCUT2D eigenvalue weighted by molar-refractivity contribution is 6.42. The molecular formula is C28H21Cl2NO2. The van der Waals surface area contributed by atoms with E-state index < -0.39 is 0 Å². The van der Waals surface area contributed by atoms with Crippen molar-refractivity contribution in [3.8, 4) is 11.1 Å². The molecule has 5 heteroatoms. The lowest BCUT2D eigenvalue weighted by Crippen LogP contribution is -2.12. The lowest BCUT2D eigenvalue weighted by atomic mass is 9.98. The van der Waals surface area contributed by atoms with Gasteiger partial charge in [-0.15, -0.1) is 0 Å². The minimum absolute atomic E-state index is 0.310. The molecule has 0 fully saturated rings. The van der Waals surface area contributed by atoms with Gasteiger partial charge in [-0.05, 0) is 64.7 Å². The molecule has 0 amide bonds. The van der Waals surface area contributed by atoms with Gasteiger partial charge in [0.05, 0.1) is 16.7 Å². The van der Waals surface area contributed by atoms with Crippen molar-refractivity contribution in [3.63, 3.8) is 0 Å². The van der Waals surface area contributed by atoms with E-state index in [1.807, 2.05) is 54.0 Å². The monoisotopic (exact) mass is 473 g/mol. The normalized spacial score (nSPS) is 11.2. The number of carbonyl (C=O) groups excluding carboxylic acids is 1. The smallest absolute Gasteiger partial charge is 0.354 e. The summed E-state index contributed by atoms with van der Waals surface area (Å²) in [5, 5.41) is 4.35. The minimum Gasteiger partial charge on any atom is -0.461 e. The molecule has 1 heterocycles. The first-order chi connectivity index (χ1) is 16.0. The topological polar surface area (TPSA) is 31.2 Å². The standard InChI is InChI=1S/C28H21Cl2NO2/c1-2-33-28(32)27-16-23-22(21-12-11-19-6-3-4-7-20(19)15-21)8-5-9-26(23)31(27)17-18-10-13-24(29)25(30)14-18/h3-16H,2,17H2,1H3. The SMILES string of the molecule is CCOC(=O)c1cc2c(-c3ccc4ccccc4c3)cccc2n1Cc1ccc(Cl)c(Cl)c1. The number of benzene rings is 4. The Morgan fingerprint density at radius 2 is 1.67 bits per heavy atom. The molecule has 0 saturated heterocycles. The van der Waals surface area contributed by atoms with Crippen LogP contribution in [0.5, 0.6) is 0 Å². The molecule has 0 aliphatic rings. The molecule has 1 aromatic heterocycles. The molecule has 0 N–H and O–H groups in total. The van der Waals surface area contributed by atoms with Crippen LogP contribution < -0.4 is 0 Å². The van der Waals surface area contributed by atoms with Gasteiger partial charge < -0.3 is 9.30 Å². The zero-order valence-corrected chi connectivity index (χ0v) is 19.5. The Labute approximate surface area is 202 Å². The average Bonchev–Trinajstić information content (AvgIpc) is 3.20. The lowest BCUT2D eigenvalue weighted by molar-refractivity contribution is 0.0515. The number of ether oxygens (including phenoxy) is 1. The molecule has 0 aliphatic carbocycles. The molecule has 3 nitrogen and oxygen atoms in total. The van der Waals surface area contributed by atoms with Crippen LogP contribution in [0.2, 0.25) is 10.0 Å². The number of aromatic nitrogens is 1. The van der Waals surface area contributed by atoms with Crippen molar-refractivity contribution in [2.45, 2.75) is 13.5 Å². The Morgan fingerprint density at radius 3 is 2.45 bits per heavy atom. The number of nitrogens with zero attached hydrogens (tertiary/aromatic N) is 1. The minimum atomic E-state index is -0.349. The Kier molecular flexibility index (Phi) is 5.84. The van der Waals surface area contributed by atoms with Crippen LogP contribution in [0.25, 0.3) is 32.8 Å². The van der Waals surface area contributed by atoms with E-state index in [-0.39, 0.29) is 5.97 Å². The van der Waals surface area contributed by atoms with Crippen molar-refractivity contribution < 1.29 is 9.53 Å². The van der Waals surface area contributed by atoms with Crippen LogP contribution in [0, 0.1) is 0 Å². The summed E-state index contributed by atoms with van der Waals surface area (Å²) in [7, 11) is 0.